The van der Waals surface area contributed by atoms with Gasteiger partial charge in [0.1, 0.15) is 0 Å². The fourth-order valence-corrected chi connectivity index (χ4v) is 1.97. The van der Waals surface area contributed by atoms with Gasteiger partial charge >= 0.3 is 0 Å². The molecule has 0 aromatic heterocycles. The number of aryl methyl sites for hydroxylation is 1. The molecule has 0 spiro atoms. The van der Waals surface area contributed by atoms with Gasteiger partial charge in [0.2, 0.25) is 0 Å². The van der Waals surface area contributed by atoms with Gasteiger partial charge in [-0.1, -0.05) is 22.0 Å². The van der Waals surface area contributed by atoms with E-state index in [1.54, 1.807) is 0 Å². The molecule has 70 valence electrons. The molecule has 1 aromatic rings. The van der Waals surface area contributed by atoms with Gasteiger partial charge in [-0.05, 0) is 30.2 Å². The van der Waals surface area contributed by atoms with Gasteiger partial charge in [-0.3, -0.25) is 0 Å². The SMILES string of the molecule is Cc1ccc(Br)cc1C1(N)COC1. The summed E-state index contributed by atoms with van der Waals surface area (Å²) in [4.78, 5) is 0. The smallest absolute Gasteiger partial charge is 0.0886 e. The lowest BCUT2D eigenvalue weighted by Gasteiger charge is -2.39. The van der Waals surface area contributed by atoms with Crippen LogP contribution in [-0.2, 0) is 10.3 Å². The van der Waals surface area contributed by atoms with Crippen molar-refractivity contribution < 1.29 is 4.74 Å². The summed E-state index contributed by atoms with van der Waals surface area (Å²) in [5.41, 5.74) is 8.31. The summed E-state index contributed by atoms with van der Waals surface area (Å²) in [5, 5.41) is 0. The molecule has 1 aromatic carbocycles. The quantitative estimate of drug-likeness (QED) is 0.816. The topological polar surface area (TPSA) is 35.2 Å². The number of ether oxygens (including phenoxy) is 1. The second kappa shape index (κ2) is 3.08. The van der Waals surface area contributed by atoms with E-state index in [-0.39, 0.29) is 5.54 Å². The summed E-state index contributed by atoms with van der Waals surface area (Å²) in [5.74, 6) is 0. The molecule has 1 aliphatic heterocycles. The highest BCUT2D eigenvalue weighted by molar-refractivity contribution is 9.10. The lowest BCUT2D eigenvalue weighted by Crippen LogP contribution is -2.54. The van der Waals surface area contributed by atoms with Crippen LogP contribution in [0.2, 0.25) is 0 Å². The fraction of sp³-hybridized carbons (Fsp3) is 0.400. The van der Waals surface area contributed by atoms with Crippen molar-refractivity contribution in [2.75, 3.05) is 13.2 Å². The number of hydrogen-bond acceptors (Lipinski definition) is 2. The molecule has 0 aliphatic carbocycles. The van der Waals surface area contributed by atoms with E-state index in [1.165, 1.54) is 11.1 Å². The van der Waals surface area contributed by atoms with E-state index in [1.807, 2.05) is 6.07 Å². The number of hydrogen-bond donors (Lipinski definition) is 1. The lowest BCUT2D eigenvalue weighted by molar-refractivity contribution is -0.0572. The van der Waals surface area contributed by atoms with Crippen LogP contribution < -0.4 is 5.73 Å². The molecule has 1 saturated heterocycles. The van der Waals surface area contributed by atoms with E-state index in [0.29, 0.717) is 13.2 Å². The third-order valence-corrected chi connectivity index (χ3v) is 2.95. The van der Waals surface area contributed by atoms with Crippen molar-refractivity contribution >= 4 is 15.9 Å². The van der Waals surface area contributed by atoms with Crippen molar-refractivity contribution in [1.82, 2.24) is 0 Å². The normalized spacial score (nSPS) is 19.6. The van der Waals surface area contributed by atoms with Gasteiger partial charge < -0.3 is 10.5 Å². The molecule has 3 heteroatoms. The van der Waals surface area contributed by atoms with E-state index in [9.17, 15) is 0 Å². The van der Waals surface area contributed by atoms with Crippen molar-refractivity contribution in [3.05, 3.63) is 33.8 Å². The maximum Gasteiger partial charge on any atom is 0.0886 e. The van der Waals surface area contributed by atoms with Crippen molar-refractivity contribution in [3.63, 3.8) is 0 Å². The standard InChI is InChI=1S/C10H12BrNO/c1-7-2-3-8(11)4-9(7)10(12)5-13-6-10/h2-4H,5-6,12H2,1H3. The zero-order chi connectivity index (χ0) is 9.47. The number of rotatable bonds is 1. The van der Waals surface area contributed by atoms with Gasteiger partial charge in [0.15, 0.2) is 0 Å². The first-order valence-electron chi connectivity index (χ1n) is 4.25. The Kier molecular flexibility index (Phi) is 2.18. The molecule has 1 fully saturated rings. The molecule has 0 atom stereocenters. The van der Waals surface area contributed by atoms with Crippen LogP contribution in [-0.4, -0.2) is 13.2 Å². The van der Waals surface area contributed by atoms with Gasteiger partial charge in [0.25, 0.3) is 0 Å². The van der Waals surface area contributed by atoms with Gasteiger partial charge in [-0.15, -0.1) is 0 Å². The van der Waals surface area contributed by atoms with Crippen molar-refractivity contribution in [3.8, 4) is 0 Å². The first kappa shape index (κ1) is 9.19. The molecule has 0 unspecified atom stereocenters. The minimum Gasteiger partial charge on any atom is -0.377 e. The third-order valence-electron chi connectivity index (χ3n) is 2.46. The fourth-order valence-electron chi connectivity index (χ4n) is 1.61. The Bertz CT molecular complexity index is 334. The van der Waals surface area contributed by atoms with E-state index >= 15 is 0 Å². The third kappa shape index (κ3) is 1.52. The van der Waals surface area contributed by atoms with Crippen LogP contribution in [0.1, 0.15) is 11.1 Å². The number of halogens is 1. The largest absolute Gasteiger partial charge is 0.377 e. The lowest BCUT2D eigenvalue weighted by atomic mass is 9.86. The monoisotopic (exact) mass is 241 g/mol. The maximum atomic E-state index is 6.15. The Labute approximate surface area is 86.2 Å². The van der Waals surface area contributed by atoms with Crippen LogP contribution in [0.4, 0.5) is 0 Å². The van der Waals surface area contributed by atoms with Gasteiger partial charge in [0, 0.05) is 4.47 Å². The van der Waals surface area contributed by atoms with Crippen LogP contribution >= 0.6 is 15.9 Å². The van der Waals surface area contributed by atoms with E-state index in [0.717, 1.165) is 4.47 Å². The molecule has 0 radical (unpaired) electrons. The Balaban J connectivity index is 2.43. The highest BCUT2D eigenvalue weighted by Crippen LogP contribution is 2.30. The van der Waals surface area contributed by atoms with Gasteiger partial charge in [-0.2, -0.15) is 0 Å². The van der Waals surface area contributed by atoms with Crippen LogP contribution in [0.3, 0.4) is 0 Å². The van der Waals surface area contributed by atoms with Crippen LogP contribution in [0.15, 0.2) is 22.7 Å². The van der Waals surface area contributed by atoms with Crippen molar-refractivity contribution in [2.24, 2.45) is 5.73 Å². The highest BCUT2D eigenvalue weighted by Gasteiger charge is 2.37. The minimum atomic E-state index is -0.256. The molecule has 2 nitrogen and oxygen atoms in total. The molecule has 1 aliphatic rings. The Morgan fingerprint density at radius 3 is 2.69 bits per heavy atom. The Morgan fingerprint density at radius 1 is 1.46 bits per heavy atom. The van der Waals surface area contributed by atoms with Crippen molar-refractivity contribution in [1.29, 1.82) is 0 Å². The summed E-state index contributed by atoms with van der Waals surface area (Å²) in [7, 11) is 0. The number of benzene rings is 1. The first-order chi connectivity index (χ1) is 6.12. The zero-order valence-corrected chi connectivity index (χ0v) is 9.10. The van der Waals surface area contributed by atoms with Crippen LogP contribution in [0.25, 0.3) is 0 Å². The molecule has 0 saturated carbocycles. The zero-order valence-electron chi connectivity index (χ0n) is 7.51. The second-order valence-corrected chi connectivity index (χ2v) is 4.52. The Morgan fingerprint density at radius 2 is 2.15 bits per heavy atom. The van der Waals surface area contributed by atoms with Gasteiger partial charge in [0.05, 0.1) is 18.8 Å². The summed E-state index contributed by atoms with van der Waals surface area (Å²) in [6.45, 7) is 3.34. The molecular formula is C10H12BrNO. The molecule has 2 N–H and O–H groups in total. The van der Waals surface area contributed by atoms with Gasteiger partial charge in [-0.25, -0.2) is 0 Å². The molecule has 0 amide bonds. The summed E-state index contributed by atoms with van der Waals surface area (Å²) in [6, 6.07) is 6.19. The maximum absolute atomic E-state index is 6.15. The number of nitrogens with two attached hydrogens (primary N) is 1. The molecule has 13 heavy (non-hydrogen) atoms. The molecule has 1 heterocycles. The summed E-state index contributed by atoms with van der Waals surface area (Å²) >= 11 is 3.45. The van der Waals surface area contributed by atoms with E-state index < -0.39 is 0 Å². The average Bonchev–Trinajstić information content (AvgIpc) is 2.05. The predicted molar refractivity (Wildman–Crippen MR) is 55.6 cm³/mol. The van der Waals surface area contributed by atoms with E-state index in [4.69, 9.17) is 10.5 Å². The predicted octanol–water partition coefficient (Wildman–Crippen LogP) is 1.94. The first-order valence-corrected chi connectivity index (χ1v) is 5.04. The summed E-state index contributed by atoms with van der Waals surface area (Å²) in [6.07, 6.45) is 0. The minimum absolute atomic E-state index is 0.256. The molecule has 2 rings (SSSR count). The van der Waals surface area contributed by atoms with Crippen molar-refractivity contribution in [2.45, 2.75) is 12.5 Å². The van der Waals surface area contributed by atoms with Crippen LogP contribution in [0.5, 0.6) is 0 Å². The second-order valence-electron chi connectivity index (χ2n) is 3.61. The Hall–Kier alpha value is -0.380. The van der Waals surface area contributed by atoms with Crippen LogP contribution in [0, 0.1) is 6.92 Å². The molecular weight excluding hydrogens is 230 g/mol. The molecule has 0 bridgehead atoms. The average molecular weight is 242 g/mol. The highest BCUT2D eigenvalue weighted by atomic mass is 79.9. The summed E-state index contributed by atoms with van der Waals surface area (Å²) < 4.78 is 6.22. The van der Waals surface area contributed by atoms with E-state index in [2.05, 4.69) is 35.0 Å².